The Morgan fingerprint density at radius 2 is 1.71 bits per heavy atom. The van der Waals surface area contributed by atoms with Gasteiger partial charge in [0.1, 0.15) is 24.0 Å². The maximum atomic E-state index is 12.8. The minimum absolute atomic E-state index is 0.000675. The molecule has 0 unspecified atom stereocenters. The van der Waals surface area contributed by atoms with Crippen LogP contribution in [0.5, 0.6) is 5.75 Å². The summed E-state index contributed by atoms with van der Waals surface area (Å²) in [7, 11) is 0. The second kappa shape index (κ2) is 11.3. The normalized spacial score (nSPS) is 10.9. The molecule has 0 radical (unpaired) electrons. The summed E-state index contributed by atoms with van der Waals surface area (Å²) in [6.07, 6.45) is 5.07. The van der Waals surface area contributed by atoms with Crippen molar-refractivity contribution < 1.29 is 9.53 Å². The quantitative estimate of drug-likeness (QED) is 0.208. The Balaban J connectivity index is 1.67. The molecule has 35 heavy (non-hydrogen) atoms. The summed E-state index contributed by atoms with van der Waals surface area (Å²) >= 11 is 0. The van der Waals surface area contributed by atoms with Crippen LogP contribution >= 0.6 is 0 Å². The van der Waals surface area contributed by atoms with Crippen molar-refractivity contribution in [3.8, 4) is 28.8 Å². The first-order valence-corrected chi connectivity index (χ1v) is 11.1. The number of carbonyl (C=O) groups is 1. The molecule has 6 heteroatoms. The van der Waals surface area contributed by atoms with Crippen molar-refractivity contribution in [2.45, 2.75) is 6.54 Å². The highest BCUT2D eigenvalue weighted by atomic mass is 16.5. The number of hydrogen-bond acceptors (Lipinski definition) is 4. The number of para-hydroxylation sites is 1. The van der Waals surface area contributed by atoms with Crippen LogP contribution in [0.3, 0.4) is 0 Å². The highest BCUT2D eigenvalue weighted by Crippen LogP contribution is 2.27. The standard InChI is InChI=1S/C29H24N4O2/c1-2-17-35-27-15-13-23(14-16-27)28-25(21-33(32-28)26-11-7-4-8-12-26)18-24(19-30)29(34)31-20-22-9-5-3-6-10-22/h2-16,18,21H,1,17,20H2,(H,31,34). The average molecular weight is 461 g/mol. The van der Waals surface area contributed by atoms with Crippen LogP contribution in [-0.2, 0) is 11.3 Å². The first-order chi connectivity index (χ1) is 17.2. The Hall–Kier alpha value is -4.89. The zero-order chi connectivity index (χ0) is 24.5. The van der Waals surface area contributed by atoms with Gasteiger partial charge in [-0.15, -0.1) is 0 Å². The zero-order valence-corrected chi connectivity index (χ0v) is 19.1. The molecule has 0 aliphatic carbocycles. The molecule has 0 spiro atoms. The predicted molar refractivity (Wildman–Crippen MR) is 137 cm³/mol. The lowest BCUT2D eigenvalue weighted by Crippen LogP contribution is -2.23. The highest BCUT2D eigenvalue weighted by molar-refractivity contribution is 6.02. The van der Waals surface area contributed by atoms with Crippen molar-refractivity contribution in [1.29, 1.82) is 5.26 Å². The molecule has 0 atom stereocenters. The van der Waals surface area contributed by atoms with Crippen LogP contribution in [0.25, 0.3) is 23.0 Å². The molecule has 0 bridgehead atoms. The molecule has 3 aromatic carbocycles. The third kappa shape index (κ3) is 5.92. The third-order valence-electron chi connectivity index (χ3n) is 5.22. The topological polar surface area (TPSA) is 79.9 Å². The Bertz CT molecular complexity index is 1370. The van der Waals surface area contributed by atoms with Gasteiger partial charge in [0.2, 0.25) is 0 Å². The van der Waals surface area contributed by atoms with E-state index in [1.165, 1.54) is 0 Å². The maximum absolute atomic E-state index is 12.8. The van der Waals surface area contributed by atoms with Gasteiger partial charge in [0.05, 0.1) is 11.4 Å². The van der Waals surface area contributed by atoms with Gasteiger partial charge in [-0.25, -0.2) is 4.68 Å². The molecule has 4 aromatic rings. The average Bonchev–Trinajstić information content (AvgIpc) is 3.34. The van der Waals surface area contributed by atoms with Gasteiger partial charge in [0.25, 0.3) is 5.91 Å². The number of benzene rings is 3. The van der Waals surface area contributed by atoms with E-state index in [0.717, 1.165) is 16.8 Å². The Kier molecular flexibility index (Phi) is 7.52. The maximum Gasteiger partial charge on any atom is 0.262 e. The summed E-state index contributed by atoms with van der Waals surface area (Å²) in [5.41, 5.74) is 3.95. The number of nitrogens with zero attached hydrogens (tertiary/aromatic N) is 3. The Labute approximate surface area is 204 Å². The summed E-state index contributed by atoms with van der Waals surface area (Å²) in [5, 5.41) is 17.3. The van der Waals surface area contributed by atoms with E-state index < -0.39 is 5.91 Å². The highest BCUT2D eigenvalue weighted by Gasteiger charge is 2.15. The monoisotopic (exact) mass is 460 g/mol. The van der Waals surface area contributed by atoms with E-state index in [4.69, 9.17) is 9.84 Å². The minimum atomic E-state index is -0.442. The van der Waals surface area contributed by atoms with E-state index in [1.807, 2.05) is 97.2 Å². The Morgan fingerprint density at radius 3 is 2.37 bits per heavy atom. The largest absolute Gasteiger partial charge is 0.490 e. The number of ether oxygens (including phenoxy) is 1. The number of amides is 1. The summed E-state index contributed by atoms with van der Waals surface area (Å²) < 4.78 is 7.31. The molecule has 172 valence electrons. The molecule has 0 aliphatic rings. The van der Waals surface area contributed by atoms with Crippen molar-refractivity contribution in [2.24, 2.45) is 0 Å². The number of aromatic nitrogens is 2. The van der Waals surface area contributed by atoms with Crippen LogP contribution in [0.2, 0.25) is 0 Å². The van der Waals surface area contributed by atoms with Gasteiger partial charge in [0.15, 0.2) is 0 Å². The molecule has 0 aliphatic heterocycles. The van der Waals surface area contributed by atoms with Gasteiger partial charge >= 0.3 is 0 Å². The van der Waals surface area contributed by atoms with Crippen molar-refractivity contribution in [3.63, 3.8) is 0 Å². The lowest BCUT2D eigenvalue weighted by Gasteiger charge is -2.06. The Morgan fingerprint density at radius 1 is 1.03 bits per heavy atom. The number of nitriles is 1. The zero-order valence-electron chi connectivity index (χ0n) is 19.1. The number of hydrogen-bond donors (Lipinski definition) is 1. The number of rotatable bonds is 9. The predicted octanol–water partition coefficient (Wildman–Crippen LogP) is 5.33. The summed E-state index contributed by atoms with van der Waals surface area (Å²) in [6, 6.07) is 28.7. The fourth-order valence-electron chi connectivity index (χ4n) is 3.47. The molecule has 0 saturated carbocycles. The van der Waals surface area contributed by atoms with Crippen LogP contribution in [0.1, 0.15) is 11.1 Å². The molecule has 1 aromatic heterocycles. The van der Waals surface area contributed by atoms with Crippen molar-refractivity contribution >= 4 is 12.0 Å². The molecule has 4 rings (SSSR count). The van der Waals surface area contributed by atoms with Gasteiger partial charge in [-0.1, -0.05) is 61.2 Å². The number of carbonyl (C=O) groups excluding carboxylic acids is 1. The second-order valence-electron chi connectivity index (χ2n) is 7.68. The van der Waals surface area contributed by atoms with Crippen LogP contribution in [0, 0.1) is 11.3 Å². The molecule has 6 nitrogen and oxygen atoms in total. The fourth-order valence-corrected chi connectivity index (χ4v) is 3.47. The summed E-state index contributed by atoms with van der Waals surface area (Å²) in [6.45, 7) is 4.41. The SMILES string of the molecule is C=CCOc1ccc(-c2nn(-c3ccccc3)cc2C=C(C#N)C(=O)NCc2ccccc2)cc1. The first-order valence-electron chi connectivity index (χ1n) is 11.1. The lowest BCUT2D eigenvalue weighted by atomic mass is 10.1. The van der Waals surface area contributed by atoms with E-state index in [1.54, 1.807) is 16.8 Å². The smallest absolute Gasteiger partial charge is 0.262 e. The van der Waals surface area contributed by atoms with Gasteiger partial charge in [-0.3, -0.25) is 4.79 Å². The van der Waals surface area contributed by atoms with Gasteiger partial charge < -0.3 is 10.1 Å². The lowest BCUT2D eigenvalue weighted by molar-refractivity contribution is -0.117. The van der Waals surface area contributed by atoms with Crippen molar-refractivity contribution in [2.75, 3.05) is 6.61 Å². The van der Waals surface area contributed by atoms with Crippen LogP contribution in [0.15, 0.2) is 109 Å². The minimum Gasteiger partial charge on any atom is -0.490 e. The molecule has 0 saturated heterocycles. The van der Waals surface area contributed by atoms with E-state index in [9.17, 15) is 10.1 Å². The van der Waals surface area contributed by atoms with E-state index in [-0.39, 0.29) is 5.57 Å². The number of nitrogens with one attached hydrogen (secondary N) is 1. The second-order valence-corrected chi connectivity index (χ2v) is 7.68. The third-order valence-corrected chi connectivity index (χ3v) is 5.22. The summed E-state index contributed by atoms with van der Waals surface area (Å²) in [5.74, 6) is 0.272. The molecular weight excluding hydrogens is 436 g/mol. The molecule has 1 N–H and O–H groups in total. The molecule has 1 heterocycles. The molecule has 0 fully saturated rings. The first kappa shape index (κ1) is 23.3. The van der Waals surface area contributed by atoms with Gasteiger partial charge in [-0.2, -0.15) is 10.4 Å². The van der Waals surface area contributed by atoms with Crippen molar-refractivity contribution in [3.05, 3.63) is 120 Å². The van der Waals surface area contributed by atoms with E-state index in [0.29, 0.717) is 30.2 Å². The molecule has 1 amide bonds. The van der Waals surface area contributed by atoms with Gasteiger partial charge in [0, 0.05) is 23.9 Å². The molecular formula is C29H24N4O2. The summed E-state index contributed by atoms with van der Waals surface area (Å²) in [4.78, 5) is 12.8. The fraction of sp³-hybridized carbons (Fsp3) is 0.0690. The van der Waals surface area contributed by atoms with Crippen LogP contribution in [0.4, 0.5) is 0 Å². The van der Waals surface area contributed by atoms with E-state index >= 15 is 0 Å². The van der Waals surface area contributed by atoms with E-state index in [2.05, 4.69) is 11.9 Å². The van der Waals surface area contributed by atoms with Crippen LogP contribution < -0.4 is 10.1 Å². The van der Waals surface area contributed by atoms with Crippen molar-refractivity contribution in [1.82, 2.24) is 15.1 Å². The van der Waals surface area contributed by atoms with Crippen LogP contribution in [-0.4, -0.2) is 22.3 Å². The van der Waals surface area contributed by atoms with Gasteiger partial charge in [-0.05, 0) is 48.0 Å².